The molecule has 2 aromatic carbocycles. The van der Waals surface area contributed by atoms with E-state index in [4.69, 9.17) is 23.7 Å². The third-order valence-electron chi connectivity index (χ3n) is 7.44. The number of benzene rings is 2. The number of fused-ring (bicyclic) bond motifs is 1. The minimum atomic E-state index is -4.87. The number of rotatable bonds is 15. The number of nitrogens with one attached hydrogen (secondary N) is 1. The van der Waals surface area contributed by atoms with Gasteiger partial charge in [-0.05, 0) is 68.3 Å². The summed E-state index contributed by atoms with van der Waals surface area (Å²) in [5.41, 5.74) is 0.598. The third-order valence-corrected chi connectivity index (χ3v) is 9.73. The van der Waals surface area contributed by atoms with Crippen molar-refractivity contribution in [2.45, 2.75) is 56.1 Å². The Kier molecular flexibility index (Phi) is 11.9. The second-order valence-electron chi connectivity index (χ2n) is 11.4. The van der Waals surface area contributed by atoms with Crippen molar-refractivity contribution in [3.8, 4) is 11.5 Å². The van der Waals surface area contributed by atoms with Crippen LogP contribution in [0.3, 0.4) is 0 Å². The van der Waals surface area contributed by atoms with E-state index in [-0.39, 0.29) is 48.6 Å². The van der Waals surface area contributed by atoms with E-state index in [1.165, 1.54) is 47.8 Å². The first-order valence-corrected chi connectivity index (χ1v) is 17.7. The molecule has 0 spiro atoms. The lowest BCUT2D eigenvalue weighted by molar-refractivity contribution is -0.316. The van der Waals surface area contributed by atoms with E-state index >= 15 is 0 Å². The monoisotopic (exact) mass is 670 g/mol. The van der Waals surface area contributed by atoms with E-state index in [2.05, 4.69) is 5.32 Å². The van der Waals surface area contributed by atoms with Crippen LogP contribution in [0.4, 0.5) is 4.79 Å². The van der Waals surface area contributed by atoms with Crippen LogP contribution in [0.25, 0.3) is 0 Å². The molecule has 2 N–H and O–H groups in total. The van der Waals surface area contributed by atoms with Gasteiger partial charge in [0, 0.05) is 13.1 Å². The van der Waals surface area contributed by atoms with Gasteiger partial charge in [0.15, 0.2) is 6.29 Å². The number of methoxy groups -OCH3 is 1. The van der Waals surface area contributed by atoms with Gasteiger partial charge in [0.1, 0.15) is 24.0 Å². The second-order valence-corrected chi connectivity index (χ2v) is 14.8. The van der Waals surface area contributed by atoms with Gasteiger partial charge in [-0.25, -0.2) is 13.2 Å². The number of aliphatic hydroxyl groups excluding tert-OH is 1. The Balaban J connectivity index is 1.53. The summed E-state index contributed by atoms with van der Waals surface area (Å²) in [6.07, 6.45) is -3.46. The maximum atomic E-state index is 13.7. The molecule has 2 fully saturated rings. The average molecular weight is 671 g/mol. The standard InChI is InChI=1S/C29H41N2O12PS/c1-19(2)15-31(45(37,38)23-10-8-21(39-3)9-11-23)16-26(32)25(14-20-4-6-22(7-5-20)42-18-44(34,35)36)30-29(33)43-27-17-41-28-24(27)12-13-40-28/h4-11,19,24-28,32H,12-18H2,1-3H3,(H,30,33)(H2,34,35,36)/p-2/t24-,25-,26+,27-,28+/m0/s1. The van der Waals surface area contributed by atoms with Crippen LogP contribution in [0.1, 0.15) is 25.8 Å². The Morgan fingerprint density at radius 3 is 2.38 bits per heavy atom. The van der Waals surface area contributed by atoms with Crippen LogP contribution >= 0.6 is 7.60 Å². The summed E-state index contributed by atoms with van der Waals surface area (Å²) < 4.78 is 66.3. The average Bonchev–Trinajstić information content (AvgIpc) is 3.60. The zero-order valence-electron chi connectivity index (χ0n) is 25.3. The Bertz CT molecular complexity index is 1420. The highest BCUT2D eigenvalue weighted by Gasteiger charge is 2.44. The number of aliphatic hydroxyl groups is 1. The zero-order chi connectivity index (χ0) is 32.8. The fraction of sp³-hybridized carbons (Fsp3) is 0.552. The maximum absolute atomic E-state index is 13.7. The van der Waals surface area contributed by atoms with Gasteiger partial charge >= 0.3 is 6.09 Å². The highest BCUT2D eigenvalue weighted by atomic mass is 32.2. The normalized spacial score (nSPS) is 21.4. The van der Waals surface area contributed by atoms with Gasteiger partial charge in [-0.2, -0.15) is 4.31 Å². The van der Waals surface area contributed by atoms with Gasteiger partial charge < -0.3 is 48.5 Å². The largest absolute Gasteiger partial charge is 0.808 e. The summed E-state index contributed by atoms with van der Waals surface area (Å²) >= 11 is 0. The fourth-order valence-corrected chi connectivity index (χ4v) is 7.12. The van der Waals surface area contributed by atoms with Crippen LogP contribution in [0.5, 0.6) is 11.5 Å². The topological polar surface area (TPSA) is 196 Å². The summed E-state index contributed by atoms with van der Waals surface area (Å²) in [6.45, 7) is 4.11. The van der Waals surface area contributed by atoms with Crippen molar-refractivity contribution >= 4 is 23.7 Å². The summed E-state index contributed by atoms with van der Waals surface area (Å²) in [6, 6.07) is 11.0. The molecule has 0 unspecified atom stereocenters. The molecule has 0 bridgehead atoms. The van der Waals surface area contributed by atoms with Gasteiger partial charge in [0.2, 0.25) is 10.0 Å². The quantitative estimate of drug-likeness (QED) is 0.256. The van der Waals surface area contributed by atoms with Crippen LogP contribution in [0, 0.1) is 11.8 Å². The van der Waals surface area contributed by atoms with Crippen molar-refractivity contribution in [1.29, 1.82) is 0 Å². The molecule has 2 aromatic rings. The second kappa shape index (κ2) is 15.2. The molecule has 45 heavy (non-hydrogen) atoms. The smallest absolute Gasteiger partial charge is 0.407 e. The summed E-state index contributed by atoms with van der Waals surface area (Å²) in [5.74, 6) is 0.429. The molecule has 2 aliphatic rings. The molecule has 0 aliphatic carbocycles. The molecule has 4 rings (SSSR count). The van der Waals surface area contributed by atoms with E-state index in [1.54, 1.807) is 12.1 Å². The van der Waals surface area contributed by atoms with Crippen molar-refractivity contribution in [3.63, 3.8) is 0 Å². The summed E-state index contributed by atoms with van der Waals surface area (Å²) in [5, 5.41) is 14.2. The molecule has 0 saturated carbocycles. The first-order valence-electron chi connectivity index (χ1n) is 14.5. The molecule has 2 saturated heterocycles. The minimum absolute atomic E-state index is 0.0194. The van der Waals surface area contributed by atoms with E-state index in [0.29, 0.717) is 24.3 Å². The summed E-state index contributed by atoms with van der Waals surface area (Å²) in [4.78, 5) is 34.9. The van der Waals surface area contributed by atoms with Crippen molar-refractivity contribution < 1.29 is 56.4 Å². The molecule has 0 aromatic heterocycles. The van der Waals surface area contributed by atoms with Crippen molar-refractivity contribution in [2.75, 3.05) is 39.8 Å². The Morgan fingerprint density at radius 2 is 1.76 bits per heavy atom. The lowest BCUT2D eigenvalue weighted by atomic mass is 10.0. The SMILES string of the molecule is COc1ccc(S(=O)(=O)N(CC(C)C)C[C@@H](O)[C@H](Cc2ccc(OCP(=O)([O-])[O-])cc2)NC(=O)O[C@H]2CO[C@H]3OCC[C@H]32)cc1. The number of amides is 1. The molecule has 5 atom stereocenters. The van der Waals surface area contributed by atoms with Gasteiger partial charge in [-0.3, -0.25) is 0 Å². The molecule has 2 aliphatic heterocycles. The van der Waals surface area contributed by atoms with Gasteiger partial charge in [-0.15, -0.1) is 0 Å². The van der Waals surface area contributed by atoms with Gasteiger partial charge in [0.25, 0.3) is 0 Å². The number of alkyl carbamates (subject to hydrolysis) is 1. The molecule has 0 radical (unpaired) electrons. The zero-order valence-corrected chi connectivity index (χ0v) is 27.0. The van der Waals surface area contributed by atoms with Crippen molar-refractivity contribution in [3.05, 3.63) is 54.1 Å². The lowest BCUT2D eigenvalue weighted by Crippen LogP contribution is -2.51. The molecule has 14 nitrogen and oxygen atoms in total. The summed E-state index contributed by atoms with van der Waals surface area (Å²) in [7, 11) is -7.45. The predicted octanol–water partition coefficient (Wildman–Crippen LogP) is 1.05. The van der Waals surface area contributed by atoms with Crippen molar-refractivity contribution in [1.82, 2.24) is 9.62 Å². The molecular formula is C29H39N2O12PS-2. The van der Waals surface area contributed by atoms with Crippen LogP contribution < -0.4 is 24.6 Å². The number of hydrogen-bond acceptors (Lipinski definition) is 12. The molecule has 2 heterocycles. The molecule has 1 amide bonds. The molecular weight excluding hydrogens is 631 g/mol. The number of ether oxygens (including phenoxy) is 5. The van der Waals surface area contributed by atoms with E-state index in [1.807, 2.05) is 13.8 Å². The first-order chi connectivity index (χ1) is 21.2. The Morgan fingerprint density at radius 1 is 1.09 bits per heavy atom. The van der Waals surface area contributed by atoms with Gasteiger partial charge in [-0.1, -0.05) is 26.0 Å². The number of nitrogens with zero attached hydrogens (tertiary/aromatic N) is 1. The number of hydrogen-bond donors (Lipinski definition) is 2. The Hall–Kier alpha value is -2.75. The van der Waals surface area contributed by atoms with Crippen LogP contribution in [0.2, 0.25) is 0 Å². The third kappa shape index (κ3) is 9.87. The van der Waals surface area contributed by atoms with E-state index in [0.717, 1.165) is 0 Å². The van der Waals surface area contributed by atoms with Crippen LogP contribution in [-0.4, -0.2) is 88.2 Å². The molecule has 250 valence electrons. The Labute approximate surface area is 262 Å². The van der Waals surface area contributed by atoms with E-state index in [9.17, 15) is 32.7 Å². The maximum Gasteiger partial charge on any atom is 0.407 e. The first kappa shape index (κ1) is 35.1. The predicted molar refractivity (Wildman–Crippen MR) is 157 cm³/mol. The fourth-order valence-electron chi connectivity index (χ4n) is 5.19. The van der Waals surface area contributed by atoms with Gasteiger partial charge in [0.05, 0.1) is 43.3 Å². The number of carbonyl (C=O) groups excluding carboxylic acids is 1. The number of sulfonamides is 1. The minimum Gasteiger partial charge on any atom is -0.808 e. The highest BCUT2D eigenvalue weighted by molar-refractivity contribution is 7.89. The van der Waals surface area contributed by atoms with Crippen LogP contribution in [0.15, 0.2) is 53.4 Å². The number of carbonyl (C=O) groups is 1. The molecule has 16 heteroatoms. The van der Waals surface area contributed by atoms with Crippen LogP contribution in [-0.2, 0) is 35.2 Å². The highest BCUT2D eigenvalue weighted by Crippen LogP contribution is 2.33. The van der Waals surface area contributed by atoms with E-state index < -0.39 is 54.6 Å². The van der Waals surface area contributed by atoms with Crippen molar-refractivity contribution in [2.24, 2.45) is 11.8 Å². The lowest BCUT2D eigenvalue weighted by Gasteiger charge is -2.31.